The van der Waals surface area contributed by atoms with E-state index in [2.05, 4.69) is 6.08 Å². The second-order valence-corrected chi connectivity index (χ2v) is 5.97. The predicted molar refractivity (Wildman–Crippen MR) is 94.7 cm³/mol. The van der Waals surface area contributed by atoms with Crippen LogP contribution in [0.2, 0.25) is 5.02 Å². The Morgan fingerprint density at radius 2 is 1.26 bits per heavy atom. The maximum atomic E-state index is 12.7. The standard InChI is InChI=1S/C21H13ClO/c22-15-7-5-6-14(12-15)13-20-16-8-1-3-10-18(16)21(23)19-11-4-2-9-17(19)20/h1-13H. The highest BCUT2D eigenvalue weighted by molar-refractivity contribution is 6.30. The van der Waals surface area contributed by atoms with Crippen LogP contribution in [0.5, 0.6) is 0 Å². The molecule has 0 saturated carbocycles. The molecule has 4 rings (SSSR count). The van der Waals surface area contributed by atoms with Crippen molar-refractivity contribution in [1.82, 2.24) is 0 Å². The lowest BCUT2D eigenvalue weighted by Gasteiger charge is -2.21. The number of carbonyl (C=O) groups is 1. The normalized spacial score (nSPS) is 12.6. The van der Waals surface area contributed by atoms with E-state index in [1.807, 2.05) is 72.8 Å². The first-order valence-corrected chi connectivity index (χ1v) is 7.82. The third-order valence-corrected chi connectivity index (χ3v) is 4.32. The summed E-state index contributed by atoms with van der Waals surface area (Å²) in [5.74, 6) is 0.0828. The van der Waals surface area contributed by atoms with Crippen molar-refractivity contribution in [1.29, 1.82) is 0 Å². The van der Waals surface area contributed by atoms with Gasteiger partial charge in [-0.1, -0.05) is 72.3 Å². The van der Waals surface area contributed by atoms with Gasteiger partial charge in [0, 0.05) is 16.1 Å². The Kier molecular flexibility index (Phi) is 3.36. The van der Waals surface area contributed by atoms with Crippen molar-refractivity contribution >= 4 is 29.0 Å². The molecular formula is C21H13ClO. The number of fused-ring (bicyclic) bond motifs is 2. The van der Waals surface area contributed by atoms with Crippen LogP contribution < -0.4 is 0 Å². The molecule has 0 unspecified atom stereocenters. The van der Waals surface area contributed by atoms with Gasteiger partial charge in [0.25, 0.3) is 0 Å². The van der Waals surface area contributed by atoms with Crippen LogP contribution in [0, 0.1) is 0 Å². The van der Waals surface area contributed by atoms with Crippen LogP contribution in [0.3, 0.4) is 0 Å². The number of halogens is 1. The molecule has 23 heavy (non-hydrogen) atoms. The van der Waals surface area contributed by atoms with Crippen LogP contribution in [-0.2, 0) is 0 Å². The molecule has 0 bridgehead atoms. The van der Waals surface area contributed by atoms with Gasteiger partial charge in [-0.2, -0.15) is 0 Å². The molecule has 0 spiro atoms. The summed E-state index contributed by atoms with van der Waals surface area (Å²) in [5, 5.41) is 0.702. The molecule has 2 heteroatoms. The molecule has 0 atom stereocenters. The zero-order valence-corrected chi connectivity index (χ0v) is 13.0. The number of hydrogen-bond donors (Lipinski definition) is 0. The van der Waals surface area contributed by atoms with E-state index in [4.69, 9.17) is 11.6 Å². The molecule has 1 aliphatic rings. The lowest BCUT2D eigenvalue weighted by molar-refractivity contribution is 0.103. The van der Waals surface area contributed by atoms with Crippen LogP contribution >= 0.6 is 11.6 Å². The highest BCUT2D eigenvalue weighted by Crippen LogP contribution is 2.37. The summed E-state index contributed by atoms with van der Waals surface area (Å²) in [4.78, 5) is 12.7. The smallest absolute Gasteiger partial charge is 0.194 e. The van der Waals surface area contributed by atoms with Gasteiger partial charge in [0.1, 0.15) is 0 Å². The molecule has 0 saturated heterocycles. The van der Waals surface area contributed by atoms with Gasteiger partial charge in [-0.05, 0) is 40.5 Å². The molecule has 1 aliphatic carbocycles. The maximum Gasteiger partial charge on any atom is 0.194 e. The fraction of sp³-hybridized carbons (Fsp3) is 0. The van der Waals surface area contributed by atoms with Gasteiger partial charge in [-0.15, -0.1) is 0 Å². The van der Waals surface area contributed by atoms with Crippen molar-refractivity contribution < 1.29 is 4.79 Å². The van der Waals surface area contributed by atoms with Crippen LogP contribution in [0.1, 0.15) is 32.6 Å². The van der Waals surface area contributed by atoms with Gasteiger partial charge in [0.2, 0.25) is 0 Å². The van der Waals surface area contributed by atoms with E-state index in [0.717, 1.165) is 33.4 Å². The van der Waals surface area contributed by atoms with E-state index in [-0.39, 0.29) is 5.78 Å². The zero-order valence-electron chi connectivity index (χ0n) is 12.3. The second-order valence-electron chi connectivity index (χ2n) is 5.53. The van der Waals surface area contributed by atoms with Gasteiger partial charge < -0.3 is 0 Å². The van der Waals surface area contributed by atoms with E-state index in [0.29, 0.717) is 5.02 Å². The molecule has 0 N–H and O–H groups in total. The number of ketones is 1. The second kappa shape index (κ2) is 5.53. The van der Waals surface area contributed by atoms with Crippen molar-refractivity contribution in [2.24, 2.45) is 0 Å². The van der Waals surface area contributed by atoms with E-state index < -0.39 is 0 Å². The summed E-state index contributed by atoms with van der Waals surface area (Å²) < 4.78 is 0. The van der Waals surface area contributed by atoms with E-state index in [1.54, 1.807) is 0 Å². The first kappa shape index (κ1) is 14.0. The molecule has 0 heterocycles. The molecule has 3 aromatic rings. The summed E-state index contributed by atoms with van der Waals surface area (Å²) in [5.41, 5.74) is 5.51. The first-order valence-electron chi connectivity index (χ1n) is 7.45. The Morgan fingerprint density at radius 3 is 1.83 bits per heavy atom. The minimum absolute atomic E-state index is 0.0828. The highest BCUT2D eigenvalue weighted by Gasteiger charge is 2.25. The Hall–Kier alpha value is -2.64. The minimum Gasteiger partial charge on any atom is -0.289 e. The lowest BCUT2D eigenvalue weighted by atomic mass is 9.81. The average molecular weight is 317 g/mol. The monoisotopic (exact) mass is 316 g/mol. The predicted octanol–water partition coefficient (Wildman–Crippen LogP) is 5.47. The largest absolute Gasteiger partial charge is 0.289 e. The summed E-state index contributed by atoms with van der Waals surface area (Å²) in [6.45, 7) is 0. The molecule has 0 aromatic heterocycles. The third kappa shape index (κ3) is 2.39. The molecule has 0 amide bonds. The number of carbonyl (C=O) groups excluding carboxylic acids is 1. The number of hydrogen-bond acceptors (Lipinski definition) is 1. The van der Waals surface area contributed by atoms with Crippen molar-refractivity contribution in [2.45, 2.75) is 0 Å². The molecule has 1 nitrogen and oxygen atoms in total. The summed E-state index contributed by atoms with van der Waals surface area (Å²) in [6, 6.07) is 23.2. The molecule has 0 radical (unpaired) electrons. The van der Waals surface area contributed by atoms with Crippen LogP contribution in [0.4, 0.5) is 0 Å². The molecular weight excluding hydrogens is 304 g/mol. The van der Waals surface area contributed by atoms with Crippen LogP contribution in [0.15, 0.2) is 72.8 Å². The minimum atomic E-state index is 0.0828. The Morgan fingerprint density at radius 1 is 0.696 bits per heavy atom. The SMILES string of the molecule is O=C1c2ccccc2C(=Cc2cccc(Cl)c2)c2ccccc21. The van der Waals surface area contributed by atoms with E-state index >= 15 is 0 Å². The molecule has 0 aliphatic heterocycles. The summed E-state index contributed by atoms with van der Waals surface area (Å²) in [7, 11) is 0. The van der Waals surface area contributed by atoms with Gasteiger partial charge in [-0.25, -0.2) is 0 Å². The maximum absolute atomic E-state index is 12.7. The third-order valence-electron chi connectivity index (χ3n) is 4.08. The first-order chi connectivity index (χ1) is 11.2. The molecule has 3 aromatic carbocycles. The number of benzene rings is 3. The molecule has 110 valence electrons. The van der Waals surface area contributed by atoms with E-state index in [9.17, 15) is 4.79 Å². The van der Waals surface area contributed by atoms with E-state index in [1.165, 1.54) is 0 Å². The summed E-state index contributed by atoms with van der Waals surface area (Å²) in [6.07, 6.45) is 2.09. The molecule has 0 fully saturated rings. The number of rotatable bonds is 1. The van der Waals surface area contributed by atoms with Crippen molar-refractivity contribution in [3.8, 4) is 0 Å². The van der Waals surface area contributed by atoms with Crippen molar-refractivity contribution in [3.05, 3.63) is 106 Å². The van der Waals surface area contributed by atoms with Crippen LogP contribution in [0.25, 0.3) is 11.6 Å². The van der Waals surface area contributed by atoms with Gasteiger partial charge >= 0.3 is 0 Å². The lowest BCUT2D eigenvalue weighted by Crippen LogP contribution is -2.14. The fourth-order valence-electron chi connectivity index (χ4n) is 3.04. The quantitative estimate of drug-likeness (QED) is 0.455. The average Bonchev–Trinajstić information content (AvgIpc) is 2.59. The van der Waals surface area contributed by atoms with Gasteiger partial charge in [-0.3, -0.25) is 4.79 Å². The van der Waals surface area contributed by atoms with Gasteiger partial charge in [0.15, 0.2) is 5.78 Å². The van der Waals surface area contributed by atoms with Crippen LogP contribution in [-0.4, -0.2) is 5.78 Å². The summed E-state index contributed by atoms with van der Waals surface area (Å²) >= 11 is 6.10. The van der Waals surface area contributed by atoms with Gasteiger partial charge in [0.05, 0.1) is 0 Å². The Balaban J connectivity index is 2.00. The Labute approximate surface area is 139 Å². The zero-order chi connectivity index (χ0) is 15.8. The fourth-order valence-corrected chi connectivity index (χ4v) is 3.24. The Bertz CT molecular complexity index is 902. The van der Waals surface area contributed by atoms with Crippen molar-refractivity contribution in [2.75, 3.05) is 0 Å². The topological polar surface area (TPSA) is 17.1 Å². The van der Waals surface area contributed by atoms with Crippen molar-refractivity contribution in [3.63, 3.8) is 0 Å². The highest BCUT2D eigenvalue weighted by atomic mass is 35.5.